The van der Waals surface area contributed by atoms with Crippen LogP contribution in [0.3, 0.4) is 0 Å². The number of hydrogen-bond donors (Lipinski definition) is 0. The molecule has 1 aromatic carbocycles. The van der Waals surface area contributed by atoms with Crippen LogP contribution in [0.4, 0.5) is 10.5 Å². The fraction of sp³-hybridized carbons (Fsp3) is 0.250. The zero-order valence-electron chi connectivity index (χ0n) is 18.5. The lowest BCUT2D eigenvalue weighted by atomic mass is 10.2. The molecule has 2 aromatic heterocycles. The fourth-order valence-corrected chi connectivity index (χ4v) is 3.83. The monoisotopic (exact) mass is 510 g/mol. The largest absolute Gasteiger partial charge is 0.481 e. The zero-order chi connectivity index (χ0) is 23.5. The van der Waals surface area contributed by atoms with Crippen molar-refractivity contribution in [1.29, 1.82) is 0 Å². The van der Waals surface area contributed by atoms with Crippen LogP contribution in [-0.2, 0) is 9.53 Å². The van der Waals surface area contributed by atoms with Crippen molar-refractivity contribution in [2.45, 2.75) is 13.0 Å². The van der Waals surface area contributed by atoms with Crippen LogP contribution in [0.25, 0.3) is 17.1 Å². The van der Waals surface area contributed by atoms with Crippen LogP contribution in [0.5, 0.6) is 5.88 Å². The van der Waals surface area contributed by atoms with E-state index in [9.17, 15) is 9.59 Å². The van der Waals surface area contributed by atoms with Crippen molar-refractivity contribution in [3.63, 3.8) is 0 Å². The summed E-state index contributed by atoms with van der Waals surface area (Å²) in [7, 11) is 3.23. The maximum absolute atomic E-state index is 12.7. The van der Waals surface area contributed by atoms with Crippen molar-refractivity contribution >= 4 is 50.7 Å². The molecule has 0 bridgehead atoms. The Morgan fingerprint density at radius 3 is 2.91 bits per heavy atom. The van der Waals surface area contributed by atoms with Gasteiger partial charge in [-0.3, -0.25) is 14.7 Å². The van der Waals surface area contributed by atoms with E-state index in [-0.39, 0.29) is 12.5 Å². The third kappa shape index (κ3) is 4.98. The quantitative estimate of drug-likeness (QED) is 0.462. The molecule has 1 aliphatic rings. The molecule has 0 radical (unpaired) electrons. The van der Waals surface area contributed by atoms with Gasteiger partial charge in [-0.15, -0.1) is 0 Å². The summed E-state index contributed by atoms with van der Waals surface area (Å²) in [5.74, 6) is 0.263. The highest BCUT2D eigenvalue weighted by Gasteiger charge is 2.33. The zero-order valence-corrected chi connectivity index (χ0v) is 20.1. The summed E-state index contributed by atoms with van der Waals surface area (Å²) in [4.78, 5) is 36.9. The topological polar surface area (TPSA) is 84.9 Å². The molecule has 1 aliphatic heterocycles. The molecule has 0 saturated carbocycles. The average Bonchev–Trinajstić information content (AvgIpc) is 3.18. The van der Waals surface area contributed by atoms with E-state index in [4.69, 9.17) is 9.47 Å². The minimum Gasteiger partial charge on any atom is -0.481 e. The molecule has 0 unspecified atom stereocenters. The second-order valence-corrected chi connectivity index (χ2v) is 8.58. The number of amides is 2. The minimum absolute atomic E-state index is 0.211. The highest BCUT2D eigenvalue weighted by molar-refractivity contribution is 9.10. The Kier molecular flexibility index (Phi) is 6.60. The number of methoxy groups -OCH3 is 1. The Bertz CT molecular complexity index is 1250. The van der Waals surface area contributed by atoms with Crippen molar-refractivity contribution < 1.29 is 19.1 Å². The van der Waals surface area contributed by atoms with E-state index in [1.807, 2.05) is 31.2 Å². The Balaban J connectivity index is 1.42. The molecule has 1 saturated heterocycles. The molecule has 0 N–H and O–H groups in total. The van der Waals surface area contributed by atoms with E-state index in [1.54, 1.807) is 43.5 Å². The van der Waals surface area contributed by atoms with Gasteiger partial charge in [0.25, 0.3) is 0 Å². The fourth-order valence-electron chi connectivity index (χ4n) is 3.58. The molecule has 9 heteroatoms. The maximum Gasteiger partial charge on any atom is 0.414 e. The standard InChI is InChI=1S/C24H23BrN4O4/c1-15-12-17(5-6-19(15)25)29-14-18(33-24(29)31)13-28(2)22(30)9-4-16-10-11-26-20-7-8-21(32-3)27-23(16)20/h4-12,18H,13-14H2,1-3H3/t18-/m1/s1. The van der Waals surface area contributed by atoms with Crippen LogP contribution in [0, 0.1) is 6.92 Å². The highest BCUT2D eigenvalue weighted by atomic mass is 79.9. The van der Waals surface area contributed by atoms with Gasteiger partial charge < -0.3 is 14.4 Å². The van der Waals surface area contributed by atoms with Gasteiger partial charge >= 0.3 is 6.09 Å². The van der Waals surface area contributed by atoms with E-state index < -0.39 is 12.2 Å². The molecule has 0 spiro atoms. The number of hydrogen-bond acceptors (Lipinski definition) is 6. The van der Waals surface area contributed by atoms with Gasteiger partial charge in [0.05, 0.1) is 31.2 Å². The molecule has 8 nitrogen and oxygen atoms in total. The maximum atomic E-state index is 12.7. The van der Waals surface area contributed by atoms with Crippen molar-refractivity contribution in [2.75, 3.05) is 32.1 Å². The molecule has 33 heavy (non-hydrogen) atoms. The molecule has 3 aromatic rings. The van der Waals surface area contributed by atoms with Crippen molar-refractivity contribution in [2.24, 2.45) is 0 Å². The lowest BCUT2D eigenvalue weighted by Gasteiger charge is -2.19. The first-order valence-electron chi connectivity index (χ1n) is 10.3. The summed E-state index contributed by atoms with van der Waals surface area (Å²) in [6, 6.07) is 11.0. The number of pyridine rings is 2. The molecule has 0 aliphatic carbocycles. The van der Waals surface area contributed by atoms with Crippen LogP contribution in [0.2, 0.25) is 0 Å². The molecule has 4 rings (SSSR count). The first kappa shape index (κ1) is 22.7. The first-order valence-corrected chi connectivity index (χ1v) is 11.1. The number of halogens is 1. The summed E-state index contributed by atoms with van der Waals surface area (Å²) in [5.41, 5.74) is 3.90. The number of carbonyl (C=O) groups is 2. The number of fused-ring (bicyclic) bond motifs is 1. The van der Waals surface area contributed by atoms with Crippen molar-refractivity contribution in [1.82, 2.24) is 14.9 Å². The molecule has 2 amide bonds. The van der Waals surface area contributed by atoms with Crippen LogP contribution >= 0.6 is 15.9 Å². The first-order chi connectivity index (χ1) is 15.9. The van der Waals surface area contributed by atoms with Gasteiger partial charge in [0.1, 0.15) is 6.10 Å². The molecule has 170 valence electrons. The number of carbonyl (C=O) groups excluding carboxylic acids is 2. The summed E-state index contributed by atoms with van der Waals surface area (Å²) in [5, 5.41) is 0. The number of cyclic esters (lactones) is 1. The van der Waals surface area contributed by atoms with E-state index in [0.717, 1.165) is 21.3 Å². The summed E-state index contributed by atoms with van der Waals surface area (Å²) < 4.78 is 11.7. The highest BCUT2D eigenvalue weighted by Crippen LogP contribution is 2.27. The van der Waals surface area contributed by atoms with E-state index in [2.05, 4.69) is 25.9 Å². The number of aromatic nitrogens is 2. The van der Waals surface area contributed by atoms with Gasteiger partial charge in [0.15, 0.2) is 0 Å². The lowest BCUT2D eigenvalue weighted by Crippen LogP contribution is -2.35. The van der Waals surface area contributed by atoms with Gasteiger partial charge in [0.2, 0.25) is 11.8 Å². The number of anilines is 1. The van der Waals surface area contributed by atoms with Gasteiger partial charge in [-0.2, -0.15) is 0 Å². The predicted octanol–water partition coefficient (Wildman–Crippen LogP) is 4.21. The lowest BCUT2D eigenvalue weighted by molar-refractivity contribution is -0.125. The second kappa shape index (κ2) is 9.58. The second-order valence-electron chi connectivity index (χ2n) is 7.72. The molecule has 1 atom stereocenters. The Morgan fingerprint density at radius 2 is 2.15 bits per heavy atom. The Labute approximate surface area is 200 Å². The van der Waals surface area contributed by atoms with Gasteiger partial charge in [-0.1, -0.05) is 15.9 Å². The number of ether oxygens (including phenoxy) is 2. The number of aryl methyl sites for hydroxylation is 1. The van der Waals surface area contributed by atoms with Gasteiger partial charge in [-0.05, 0) is 48.9 Å². The van der Waals surface area contributed by atoms with Gasteiger partial charge in [0, 0.05) is 41.1 Å². The van der Waals surface area contributed by atoms with Crippen molar-refractivity contribution in [3.05, 3.63) is 64.3 Å². The molecule has 1 fully saturated rings. The van der Waals surface area contributed by atoms with Crippen LogP contribution in [0.1, 0.15) is 11.1 Å². The number of benzene rings is 1. The SMILES string of the molecule is COc1ccc2nccc(C=CC(=O)N(C)C[C@@H]3CN(c4ccc(Br)c(C)c4)C(=O)O3)c2n1. The van der Waals surface area contributed by atoms with Crippen LogP contribution in [-0.4, -0.2) is 60.2 Å². The minimum atomic E-state index is -0.420. The average molecular weight is 511 g/mol. The molecular weight excluding hydrogens is 488 g/mol. The Morgan fingerprint density at radius 1 is 1.33 bits per heavy atom. The van der Waals surface area contributed by atoms with Crippen LogP contribution in [0.15, 0.2) is 53.1 Å². The van der Waals surface area contributed by atoms with E-state index in [1.165, 1.54) is 11.0 Å². The van der Waals surface area contributed by atoms with Gasteiger partial charge in [-0.25, -0.2) is 9.78 Å². The molecule has 3 heterocycles. The van der Waals surface area contributed by atoms with E-state index in [0.29, 0.717) is 23.5 Å². The summed E-state index contributed by atoms with van der Waals surface area (Å²) in [6.45, 7) is 2.62. The van der Waals surface area contributed by atoms with Crippen LogP contribution < -0.4 is 9.64 Å². The normalized spacial score (nSPS) is 15.8. The number of rotatable bonds is 6. The summed E-state index contributed by atoms with van der Waals surface area (Å²) >= 11 is 3.47. The predicted molar refractivity (Wildman–Crippen MR) is 129 cm³/mol. The third-order valence-corrected chi connectivity index (χ3v) is 6.27. The van der Waals surface area contributed by atoms with E-state index >= 15 is 0 Å². The van der Waals surface area contributed by atoms with Crippen molar-refractivity contribution in [3.8, 4) is 5.88 Å². The number of likely N-dealkylation sites (N-methyl/N-ethyl adjacent to an activating group) is 1. The Hall–Kier alpha value is -3.46. The third-order valence-electron chi connectivity index (χ3n) is 5.39. The summed E-state index contributed by atoms with van der Waals surface area (Å²) in [6.07, 6.45) is 4.01. The molecular formula is C24H23BrN4O4. The smallest absolute Gasteiger partial charge is 0.414 e. The number of nitrogens with zero attached hydrogens (tertiary/aromatic N) is 4.